The van der Waals surface area contributed by atoms with E-state index in [2.05, 4.69) is 146 Å². The van der Waals surface area contributed by atoms with Crippen LogP contribution in [-0.4, -0.2) is 0 Å². The van der Waals surface area contributed by atoms with Crippen molar-refractivity contribution in [1.29, 1.82) is 0 Å². The standard InChI is InChI=1S/C38H24OS2/c1-7-19-31(25(13-1)37-27-15-3-9-21-33(27)40-34-22-10-4-16-28(34)37)39-32-20-8-2-14-26(32)38-29-17-5-11-23-35(29)41-36-24-12-6-18-30(36)38/h1-24H/q+2. The minimum atomic E-state index is 0.846. The third-order valence-corrected chi connectivity index (χ3v) is 9.90. The Labute approximate surface area is 246 Å². The SMILES string of the molecule is c1ccc(-c2c3ccccc3[s+]c3ccccc23)c(Oc2ccccc2-c2c3ccccc3[s+]c3ccccc23)c1. The van der Waals surface area contributed by atoms with Crippen LogP contribution in [0.4, 0.5) is 0 Å². The molecule has 0 amide bonds. The maximum Gasteiger partial charge on any atom is 0.239 e. The fraction of sp³-hybridized carbons (Fsp3) is 0. The molecule has 2 heterocycles. The van der Waals surface area contributed by atoms with Crippen molar-refractivity contribution in [3.05, 3.63) is 146 Å². The number of hydrogen-bond donors (Lipinski definition) is 0. The smallest absolute Gasteiger partial charge is 0.239 e. The van der Waals surface area contributed by atoms with Crippen LogP contribution in [0.5, 0.6) is 11.5 Å². The normalized spacial score (nSPS) is 11.4. The van der Waals surface area contributed by atoms with Crippen molar-refractivity contribution in [3.63, 3.8) is 0 Å². The van der Waals surface area contributed by atoms with Gasteiger partial charge in [0.1, 0.15) is 11.5 Å². The summed E-state index contributed by atoms with van der Waals surface area (Å²) in [5.74, 6) is 1.69. The van der Waals surface area contributed by atoms with Crippen LogP contribution in [0.1, 0.15) is 0 Å². The first-order chi connectivity index (χ1) is 20.3. The van der Waals surface area contributed by atoms with Gasteiger partial charge in [-0.15, -0.1) is 0 Å². The zero-order valence-corrected chi connectivity index (χ0v) is 23.7. The van der Waals surface area contributed by atoms with Gasteiger partial charge in [-0.25, -0.2) is 0 Å². The predicted octanol–water partition coefficient (Wildman–Crippen LogP) is 12.1. The van der Waals surface area contributed by atoms with E-state index in [0.717, 1.165) is 22.6 Å². The van der Waals surface area contributed by atoms with Crippen molar-refractivity contribution in [2.45, 2.75) is 0 Å². The zero-order valence-electron chi connectivity index (χ0n) is 22.1. The van der Waals surface area contributed by atoms with Crippen LogP contribution in [0.15, 0.2) is 146 Å². The van der Waals surface area contributed by atoms with Crippen molar-refractivity contribution < 1.29 is 4.74 Å². The third kappa shape index (κ3) is 4.13. The number of hydrogen-bond acceptors (Lipinski definition) is 1. The molecule has 41 heavy (non-hydrogen) atoms. The second-order valence-electron chi connectivity index (χ2n) is 10.0. The number of ether oxygens (including phenoxy) is 1. The minimum absolute atomic E-state index is 0.846. The maximum atomic E-state index is 6.95. The third-order valence-electron chi connectivity index (χ3n) is 7.60. The second kappa shape index (κ2) is 10.0. The number of para-hydroxylation sites is 2. The lowest BCUT2D eigenvalue weighted by molar-refractivity contribution is 0.486. The van der Waals surface area contributed by atoms with E-state index in [-0.39, 0.29) is 0 Å². The first kappa shape index (κ1) is 24.1. The average Bonchev–Trinajstić information content (AvgIpc) is 3.03. The zero-order chi connectivity index (χ0) is 27.2. The molecule has 8 rings (SSSR count). The first-order valence-electron chi connectivity index (χ1n) is 13.7. The van der Waals surface area contributed by atoms with E-state index in [1.54, 1.807) is 0 Å². The van der Waals surface area contributed by atoms with Crippen LogP contribution in [0.25, 0.3) is 62.6 Å². The Morgan fingerprint density at radius 3 is 0.976 bits per heavy atom. The van der Waals surface area contributed by atoms with Crippen LogP contribution in [0.3, 0.4) is 0 Å². The lowest BCUT2D eigenvalue weighted by Gasteiger charge is -2.16. The summed E-state index contributed by atoms with van der Waals surface area (Å²) in [4.78, 5) is 0. The molecule has 0 aliphatic carbocycles. The highest BCUT2D eigenvalue weighted by atomic mass is 32.1. The molecule has 0 fully saturated rings. The molecule has 0 aliphatic heterocycles. The molecule has 0 radical (unpaired) electrons. The molecule has 0 aliphatic rings. The van der Waals surface area contributed by atoms with Crippen molar-refractivity contribution in [3.8, 4) is 33.8 Å². The average molecular weight is 561 g/mol. The van der Waals surface area contributed by atoms with Gasteiger partial charge in [0, 0.05) is 68.1 Å². The van der Waals surface area contributed by atoms with Gasteiger partial charge >= 0.3 is 0 Å². The van der Waals surface area contributed by atoms with Gasteiger partial charge in [-0.3, -0.25) is 0 Å². The van der Waals surface area contributed by atoms with Crippen molar-refractivity contribution in [2.75, 3.05) is 0 Å². The second-order valence-corrected chi connectivity index (χ2v) is 12.2. The Morgan fingerprint density at radius 2 is 0.610 bits per heavy atom. The van der Waals surface area contributed by atoms with E-state index in [4.69, 9.17) is 4.74 Å². The molecule has 0 saturated heterocycles. The molecule has 3 heteroatoms. The van der Waals surface area contributed by atoms with Crippen LogP contribution in [0.2, 0.25) is 0 Å². The molecule has 8 aromatic rings. The van der Waals surface area contributed by atoms with Gasteiger partial charge < -0.3 is 4.74 Å². The Hall–Kier alpha value is -4.70. The summed E-state index contributed by atoms with van der Waals surface area (Å²) >= 11 is 3.66. The highest BCUT2D eigenvalue weighted by molar-refractivity contribution is 7.25. The summed E-state index contributed by atoms with van der Waals surface area (Å²) in [6.07, 6.45) is 0. The van der Waals surface area contributed by atoms with Gasteiger partial charge in [0.15, 0.2) is 0 Å². The lowest BCUT2D eigenvalue weighted by atomic mass is 9.96. The highest BCUT2D eigenvalue weighted by Gasteiger charge is 2.23. The van der Waals surface area contributed by atoms with E-state index in [1.807, 2.05) is 22.7 Å². The maximum absolute atomic E-state index is 6.95. The van der Waals surface area contributed by atoms with E-state index in [1.165, 1.54) is 51.5 Å². The molecule has 6 aromatic carbocycles. The van der Waals surface area contributed by atoms with Crippen LogP contribution < -0.4 is 4.74 Å². The number of benzene rings is 6. The van der Waals surface area contributed by atoms with Gasteiger partial charge in [-0.1, -0.05) is 84.9 Å². The van der Waals surface area contributed by atoms with Crippen molar-refractivity contribution >= 4 is 63.0 Å². The van der Waals surface area contributed by atoms with E-state index >= 15 is 0 Å². The molecule has 192 valence electrons. The topological polar surface area (TPSA) is 9.23 Å². The van der Waals surface area contributed by atoms with E-state index in [0.29, 0.717) is 0 Å². The largest absolute Gasteiger partial charge is 0.456 e. The number of rotatable bonds is 4. The Balaban J connectivity index is 1.36. The van der Waals surface area contributed by atoms with Crippen molar-refractivity contribution in [2.24, 2.45) is 0 Å². The lowest BCUT2D eigenvalue weighted by Crippen LogP contribution is -1.93. The summed E-state index contributed by atoms with van der Waals surface area (Å²) in [6.45, 7) is 0. The summed E-state index contributed by atoms with van der Waals surface area (Å²) < 4.78 is 12.0. The van der Waals surface area contributed by atoms with Gasteiger partial charge in [0.05, 0.1) is 0 Å². The van der Waals surface area contributed by atoms with Crippen LogP contribution in [0, 0.1) is 0 Å². The molecule has 1 nitrogen and oxygen atoms in total. The van der Waals surface area contributed by atoms with Gasteiger partial charge in [-0.05, 0) is 36.4 Å². The van der Waals surface area contributed by atoms with E-state index in [9.17, 15) is 0 Å². The predicted molar refractivity (Wildman–Crippen MR) is 178 cm³/mol. The molecule has 0 saturated carbocycles. The first-order valence-corrected chi connectivity index (χ1v) is 15.3. The van der Waals surface area contributed by atoms with Crippen LogP contribution in [-0.2, 0) is 0 Å². The van der Waals surface area contributed by atoms with Crippen LogP contribution >= 0.6 is 22.7 Å². The summed E-state index contributed by atoms with van der Waals surface area (Å²) in [6, 6.07) is 51.6. The Morgan fingerprint density at radius 1 is 0.317 bits per heavy atom. The fourth-order valence-electron chi connectivity index (χ4n) is 5.80. The quantitative estimate of drug-likeness (QED) is 0.154. The van der Waals surface area contributed by atoms with E-state index < -0.39 is 0 Å². The Kier molecular flexibility index (Phi) is 5.91. The molecule has 0 spiro atoms. The van der Waals surface area contributed by atoms with Gasteiger partial charge in [-0.2, -0.15) is 0 Å². The van der Waals surface area contributed by atoms with Gasteiger partial charge in [0.25, 0.3) is 0 Å². The van der Waals surface area contributed by atoms with Gasteiger partial charge in [0.2, 0.25) is 41.5 Å². The van der Waals surface area contributed by atoms with Crippen molar-refractivity contribution in [1.82, 2.24) is 0 Å². The molecular formula is C38H24OS2+2. The summed E-state index contributed by atoms with van der Waals surface area (Å²) in [5, 5.41) is 4.95. The molecular weight excluding hydrogens is 537 g/mol. The minimum Gasteiger partial charge on any atom is -0.456 e. The molecule has 0 unspecified atom stereocenters. The summed E-state index contributed by atoms with van der Waals surface area (Å²) in [7, 11) is 0. The Bertz CT molecular complexity index is 1980. The molecule has 0 bridgehead atoms. The monoisotopic (exact) mass is 560 g/mol. The fourth-order valence-corrected chi connectivity index (χ4v) is 7.98. The molecule has 0 atom stereocenters. The highest BCUT2D eigenvalue weighted by Crippen LogP contribution is 2.47. The molecule has 2 aromatic heterocycles. The molecule has 0 N–H and O–H groups in total. The number of fused-ring (bicyclic) bond motifs is 4. The summed E-state index contributed by atoms with van der Waals surface area (Å²) in [5.41, 5.74) is 4.60.